The van der Waals surface area contributed by atoms with Gasteiger partial charge in [0.2, 0.25) is 0 Å². The first-order chi connectivity index (χ1) is 9.13. The quantitative estimate of drug-likeness (QED) is 0.742. The third kappa shape index (κ3) is 2.72. The highest BCUT2D eigenvalue weighted by atomic mass is 127. The minimum absolute atomic E-state index is 0.0288. The zero-order valence-corrected chi connectivity index (χ0v) is 12.8. The average Bonchev–Trinajstić information content (AvgIpc) is 2.72. The molecule has 0 radical (unpaired) electrons. The molecule has 2 unspecified atom stereocenters. The van der Waals surface area contributed by atoms with Gasteiger partial charge in [0.05, 0.1) is 3.57 Å². The summed E-state index contributed by atoms with van der Waals surface area (Å²) in [6.07, 6.45) is 3.42. The van der Waals surface area contributed by atoms with Crippen LogP contribution in [0.4, 0.5) is 0 Å². The smallest absolute Gasteiger partial charge is 0.254 e. The topological polar surface area (TPSA) is 52.6 Å². The molecule has 2 bridgehead atoms. The van der Waals surface area contributed by atoms with Crippen molar-refractivity contribution in [1.82, 2.24) is 10.2 Å². The lowest BCUT2D eigenvalue weighted by molar-refractivity contribution is 0.0747. The Labute approximate surface area is 126 Å². The van der Waals surface area contributed by atoms with Crippen molar-refractivity contribution in [3.8, 4) is 5.75 Å². The molecule has 2 atom stereocenters. The van der Waals surface area contributed by atoms with Crippen LogP contribution < -0.4 is 5.32 Å². The molecule has 2 aliphatic rings. The SMILES string of the molecule is O=C(c1ccc(I)c(O)c1)N1CCC2CCC(C1)N2. The molecular formula is C14H17IN2O2. The molecule has 1 aromatic rings. The predicted octanol–water partition coefficient (Wildman–Crippen LogP) is 1.96. The average molecular weight is 372 g/mol. The maximum atomic E-state index is 12.5. The number of nitrogens with zero attached hydrogens (tertiary/aromatic N) is 1. The fourth-order valence-corrected chi connectivity index (χ4v) is 3.29. The van der Waals surface area contributed by atoms with Gasteiger partial charge in [-0.1, -0.05) is 0 Å². The van der Waals surface area contributed by atoms with Gasteiger partial charge in [-0.3, -0.25) is 4.79 Å². The number of phenols is 1. The minimum atomic E-state index is 0.0288. The number of aromatic hydroxyl groups is 1. The molecule has 1 amide bonds. The van der Waals surface area contributed by atoms with Gasteiger partial charge in [-0.2, -0.15) is 0 Å². The van der Waals surface area contributed by atoms with E-state index < -0.39 is 0 Å². The molecule has 2 aliphatic heterocycles. The molecule has 0 saturated carbocycles. The second-order valence-corrected chi connectivity index (χ2v) is 6.51. The van der Waals surface area contributed by atoms with Crippen molar-refractivity contribution < 1.29 is 9.90 Å². The number of rotatable bonds is 1. The van der Waals surface area contributed by atoms with E-state index >= 15 is 0 Å². The molecule has 5 heteroatoms. The Kier molecular flexibility index (Phi) is 3.66. The third-order valence-electron chi connectivity index (χ3n) is 4.00. The lowest BCUT2D eigenvalue weighted by atomic mass is 10.1. The predicted molar refractivity (Wildman–Crippen MR) is 81.3 cm³/mol. The minimum Gasteiger partial charge on any atom is -0.507 e. The molecular weight excluding hydrogens is 355 g/mol. The maximum absolute atomic E-state index is 12.5. The van der Waals surface area contributed by atoms with Gasteiger partial charge in [0, 0.05) is 30.7 Å². The summed E-state index contributed by atoms with van der Waals surface area (Å²) in [7, 11) is 0. The van der Waals surface area contributed by atoms with E-state index in [2.05, 4.69) is 27.9 Å². The first-order valence-corrected chi connectivity index (χ1v) is 7.75. The molecule has 102 valence electrons. The maximum Gasteiger partial charge on any atom is 0.254 e. The summed E-state index contributed by atoms with van der Waals surface area (Å²) in [5.74, 6) is 0.210. The van der Waals surface area contributed by atoms with Gasteiger partial charge in [0.25, 0.3) is 5.91 Å². The van der Waals surface area contributed by atoms with Crippen LogP contribution in [0.1, 0.15) is 29.6 Å². The zero-order valence-electron chi connectivity index (χ0n) is 10.6. The van der Waals surface area contributed by atoms with E-state index in [4.69, 9.17) is 0 Å². The number of phenolic OH excluding ortho intramolecular Hbond substituents is 1. The molecule has 2 saturated heterocycles. The van der Waals surface area contributed by atoms with Crippen LogP contribution in [0.3, 0.4) is 0 Å². The lowest BCUT2D eigenvalue weighted by Crippen LogP contribution is -2.39. The number of halogens is 1. The zero-order chi connectivity index (χ0) is 13.4. The number of benzene rings is 1. The molecule has 4 nitrogen and oxygen atoms in total. The second kappa shape index (κ2) is 5.28. The van der Waals surface area contributed by atoms with Crippen LogP contribution in [0.15, 0.2) is 18.2 Å². The van der Waals surface area contributed by atoms with E-state index in [1.807, 2.05) is 4.90 Å². The molecule has 2 heterocycles. The Morgan fingerprint density at radius 3 is 2.89 bits per heavy atom. The highest BCUT2D eigenvalue weighted by Gasteiger charge is 2.31. The summed E-state index contributed by atoms with van der Waals surface area (Å²) in [4.78, 5) is 14.4. The molecule has 19 heavy (non-hydrogen) atoms. The van der Waals surface area contributed by atoms with Crippen LogP contribution in [-0.4, -0.2) is 41.1 Å². The molecule has 0 aliphatic carbocycles. The van der Waals surface area contributed by atoms with Crippen molar-refractivity contribution in [2.75, 3.05) is 13.1 Å². The van der Waals surface area contributed by atoms with Gasteiger partial charge >= 0.3 is 0 Å². The normalized spacial score (nSPS) is 26.3. The lowest BCUT2D eigenvalue weighted by Gasteiger charge is -2.24. The number of amides is 1. The largest absolute Gasteiger partial charge is 0.507 e. The molecule has 2 fully saturated rings. The van der Waals surface area contributed by atoms with Gasteiger partial charge in [0.1, 0.15) is 5.75 Å². The van der Waals surface area contributed by atoms with Crippen molar-refractivity contribution >= 4 is 28.5 Å². The first-order valence-electron chi connectivity index (χ1n) is 6.67. The number of likely N-dealkylation sites (tertiary alicyclic amines) is 1. The number of nitrogens with one attached hydrogen (secondary N) is 1. The highest BCUT2D eigenvalue weighted by molar-refractivity contribution is 14.1. The van der Waals surface area contributed by atoms with Gasteiger partial charge in [-0.15, -0.1) is 0 Å². The van der Waals surface area contributed by atoms with E-state index in [1.54, 1.807) is 18.2 Å². The summed E-state index contributed by atoms with van der Waals surface area (Å²) in [6.45, 7) is 1.59. The first kappa shape index (κ1) is 13.2. The Morgan fingerprint density at radius 1 is 1.32 bits per heavy atom. The number of hydrogen-bond acceptors (Lipinski definition) is 3. The molecule has 2 N–H and O–H groups in total. The summed E-state index contributed by atoms with van der Waals surface area (Å²) in [5, 5.41) is 13.3. The Morgan fingerprint density at radius 2 is 2.11 bits per heavy atom. The highest BCUT2D eigenvalue weighted by Crippen LogP contribution is 2.24. The Hall–Kier alpha value is -0.820. The second-order valence-electron chi connectivity index (χ2n) is 5.34. The summed E-state index contributed by atoms with van der Waals surface area (Å²) >= 11 is 2.06. The number of carbonyl (C=O) groups is 1. The Balaban J connectivity index is 1.77. The van der Waals surface area contributed by atoms with Gasteiger partial charge in [-0.25, -0.2) is 0 Å². The van der Waals surface area contributed by atoms with Crippen LogP contribution >= 0.6 is 22.6 Å². The van der Waals surface area contributed by atoms with Gasteiger partial charge in [0.15, 0.2) is 0 Å². The Bertz CT molecular complexity index is 506. The molecule has 0 spiro atoms. The number of hydrogen-bond donors (Lipinski definition) is 2. The van der Waals surface area contributed by atoms with E-state index in [1.165, 1.54) is 6.42 Å². The molecule has 1 aromatic carbocycles. The van der Waals surface area contributed by atoms with Crippen LogP contribution in [0.2, 0.25) is 0 Å². The van der Waals surface area contributed by atoms with Crippen molar-refractivity contribution in [2.24, 2.45) is 0 Å². The van der Waals surface area contributed by atoms with Crippen molar-refractivity contribution in [1.29, 1.82) is 0 Å². The summed E-state index contributed by atoms with van der Waals surface area (Å²) < 4.78 is 0.769. The van der Waals surface area contributed by atoms with Crippen LogP contribution in [0.5, 0.6) is 5.75 Å². The van der Waals surface area contributed by atoms with E-state index in [-0.39, 0.29) is 11.7 Å². The standard InChI is InChI=1S/C14H17IN2O2/c15-12-4-1-9(7-13(12)18)14(19)17-6-5-10-2-3-11(8-17)16-10/h1,4,7,10-11,16,18H,2-3,5-6,8H2. The van der Waals surface area contributed by atoms with Crippen molar-refractivity contribution in [3.63, 3.8) is 0 Å². The van der Waals surface area contributed by atoms with E-state index in [9.17, 15) is 9.90 Å². The van der Waals surface area contributed by atoms with Crippen molar-refractivity contribution in [3.05, 3.63) is 27.3 Å². The number of fused-ring (bicyclic) bond motifs is 2. The fraction of sp³-hybridized carbons (Fsp3) is 0.500. The van der Waals surface area contributed by atoms with Crippen molar-refractivity contribution in [2.45, 2.75) is 31.3 Å². The summed E-state index contributed by atoms with van der Waals surface area (Å²) in [5.41, 5.74) is 0.579. The molecule has 3 rings (SSSR count). The fourth-order valence-electron chi connectivity index (χ4n) is 2.96. The third-order valence-corrected chi connectivity index (χ3v) is 4.92. The molecule has 0 aromatic heterocycles. The van der Waals surface area contributed by atoms with Gasteiger partial charge in [-0.05, 0) is 60.1 Å². The summed E-state index contributed by atoms with van der Waals surface area (Å²) in [6, 6.07) is 6.16. The van der Waals surface area contributed by atoms with E-state index in [0.29, 0.717) is 17.6 Å². The monoisotopic (exact) mass is 372 g/mol. The van der Waals surface area contributed by atoms with Crippen LogP contribution in [-0.2, 0) is 0 Å². The van der Waals surface area contributed by atoms with Gasteiger partial charge < -0.3 is 15.3 Å². The van der Waals surface area contributed by atoms with Crippen LogP contribution in [0, 0.1) is 3.57 Å². The van der Waals surface area contributed by atoms with Crippen LogP contribution in [0.25, 0.3) is 0 Å². The number of carbonyl (C=O) groups excluding carboxylic acids is 1. The van der Waals surface area contributed by atoms with E-state index in [0.717, 1.165) is 29.5 Å².